The smallest absolute Gasteiger partial charge is 0.264 e. The molecule has 1 unspecified atom stereocenters. The monoisotopic (exact) mass is 593 g/mol. The second kappa shape index (κ2) is 12.4. The van der Waals surface area contributed by atoms with Gasteiger partial charge in [-0.15, -0.1) is 0 Å². The summed E-state index contributed by atoms with van der Waals surface area (Å²) in [4.78, 5) is 28.2. The minimum atomic E-state index is -4.25. The van der Waals surface area contributed by atoms with Crippen LogP contribution in [0.15, 0.2) is 77.7 Å². The Hall–Kier alpha value is -3.14. The Morgan fingerprint density at radius 3 is 2.03 bits per heavy atom. The summed E-state index contributed by atoms with van der Waals surface area (Å²) < 4.78 is 41.9. The largest absolute Gasteiger partial charge is 0.350 e. The van der Waals surface area contributed by atoms with E-state index >= 15 is 0 Å². The molecule has 1 atom stereocenters. The molecule has 0 aliphatic rings. The summed E-state index contributed by atoms with van der Waals surface area (Å²) in [5, 5.41) is 3.42. The fourth-order valence-electron chi connectivity index (χ4n) is 3.77. The molecule has 0 aliphatic carbocycles. The van der Waals surface area contributed by atoms with Crippen molar-refractivity contribution in [1.29, 1.82) is 0 Å². The van der Waals surface area contributed by atoms with Crippen LogP contribution < -0.4 is 9.62 Å². The van der Waals surface area contributed by atoms with Gasteiger partial charge in [-0.05, 0) is 76.2 Å². The van der Waals surface area contributed by atoms with Crippen LogP contribution in [0.2, 0.25) is 10.0 Å². The Kier molecular flexibility index (Phi) is 9.64. The first kappa shape index (κ1) is 30.4. The van der Waals surface area contributed by atoms with Crippen LogP contribution in [0, 0.1) is 5.82 Å². The van der Waals surface area contributed by atoms with E-state index in [0.717, 1.165) is 16.4 Å². The molecule has 3 aromatic carbocycles. The molecule has 11 heteroatoms. The number of anilines is 1. The normalized spacial score (nSPS) is 12.5. The second-order valence-electron chi connectivity index (χ2n) is 9.94. The van der Waals surface area contributed by atoms with Gasteiger partial charge in [-0.2, -0.15) is 0 Å². The van der Waals surface area contributed by atoms with Crippen molar-refractivity contribution in [2.45, 2.75) is 50.7 Å². The van der Waals surface area contributed by atoms with Crippen LogP contribution in [0.25, 0.3) is 0 Å². The summed E-state index contributed by atoms with van der Waals surface area (Å²) >= 11 is 12.7. The summed E-state index contributed by atoms with van der Waals surface area (Å²) in [6.07, 6.45) is 0. The van der Waals surface area contributed by atoms with Crippen molar-refractivity contribution in [3.05, 3.63) is 94.2 Å². The van der Waals surface area contributed by atoms with Crippen LogP contribution in [0.1, 0.15) is 33.3 Å². The number of hydrogen-bond acceptors (Lipinski definition) is 4. The Morgan fingerprint density at radius 2 is 1.49 bits per heavy atom. The zero-order valence-corrected chi connectivity index (χ0v) is 24.3. The molecule has 0 radical (unpaired) electrons. The van der Waals surface area contributed by atoms with E-state index in [-0.39, 0.29) is 27.2 Å². The molecule has 0 fully saturated rings. The first-order valence-corrected chi connectivity index (χ1v) is 14.3. The molecule has 1 N–H and O–H groups in total. The number of halogens is 3. The van der Waals surface area contributed by atoms with E-state index in [4.69, 9.17) is 23.2 Å². The average molecular weight is 595 g/mol. The lowest BCUT2D eigenvalue weighted by molar-refractivity contribution is -0.140. The highest BCUT2D eigenvalue weighted by Gasteiger charge is 2.34. The quantitative estimate of drug-likeness (QED) is 0.347. The van der Waals surface area contributed by atoms with Gasteiger partial charge in [0.05, 0.1) is 10.6 Å². The predicted octanol–water partition coefficient (Wildman–Crippen LogP) is 5.66. The second-order valence-corrected chi connectivity index (χ2v) is 12.6. The highest BCUT2D eigenvalue weighted by molar-refractivity contribution is 7.92. The van der Waals surface area contributed by atoms with Gasteiger partial charge in [0, 0.05) is 27.7 Å². The third-order valence-electron chi connectivity index (χ3n) is 5.78. The Balaban J connectivity index is 2.06. The Morgan fingerprint density at radius 1 is 0.923 bits per heavy atom. The molecule has 0 aliphatic heterocycles. The van der Waals surface area contributed by atoms with Crippen molar-refractivity contribution in [3.8, 4) is 0 Å². The minimum absolute atomic E-state index is 0.0543. The number of hydrogen-bond donors (Lipinski definition) is 1. The molecule has 0 saturated carbocycles. The maximum atomic E-state index is 13.9. The molecule has 0 aromatic heterocycles. The zero-order chi connectivity index (χ0) is 29.0. The van der Waals surface area contributed by atoms with E-state index < -0.39 is 45.8 Å². The minimum Gasteiger partial charge on any atom is -0.350 e. The number of benzene rings is 3. The van der Waals surface area contributed by atoms with Crippen LogP contribution in [-0.4, -0.2) is 43.3 Å². The Labute approximate surface area is 238 Å². The topological polar surface area (TPSA) is 86.8 Å². The van der Waals surface area contributed by atoms with E-state index in [0.29, 0.717) is 5.56 Å². The summed E-state index contributed by atoms with van der Waals surface area (Å²) in [6.45, 7) is 6.13. The van der Waals surface area contributed by atoms with Crippen LogP contribution in [0.3, 0.4) is 0 Å². The first-order chi connectivity index (χ1) is 18.2. The molecule has 0 bridgehead atoms. The van der Waals surface area contributed by atoms with Crippen LogP contribution >= 0.6 is 23.2 Å². The van der Waals surface area contributed by atoms with E-state index in [1.54, 1.807) is 57.2 Å². The van der Waals surface area contributed by atoms with Crippen molar-refractivity contribution >= 4 is 50.7 Å². The van der Waals surface area contributed by atoms with Gasteiger partial charge in [-0.25, -0.2) is 12.8 Å². The fraction of sp³-hybridized carbons (Fsp3) is 0.286. The lowest BCUT2D eigenvalue weighted by Gasteiger charge is -2.33. The van der Waals surface area contributed by atoms with Crippen molar-refractivity contribution in [2.24, 2.45) is 0 Å². The number of carbonyl (C=O) groups excluding carboxylic acids is 2. The number of sulfonamides is 1. The van der Waals surface area contributed by atoms with Gasteiger partial charge in [0.1, 0.15) is 18.4 Å². The van der Waals surface area contributed by atoms with E-state index in [1.807, 2.05) is 0 Å². The lowest BCUT2D eigenvalue weighted by atomic mass is 10.1. The van der Waals surface area contributed by atoms with Gasteiger partial charge in [-0.1, -0.05) is 47.5 Å². The number of rotatable bonds is 9. The molecule has 39 heavy (non-hydrogen) atoms. The van der Waals surface area contributed by atoms with Gasteiger partial charge in [0.25, 0.3) is 10.0 Å². The van der Waals surface area contributed by atoms with Crippen molar-refractivity contribution < 1.29 is 22.4 Å². The maximum Gasteiger partial charge on any atom is 0.264 e. The highest BCUT2D eigenvalue weighted by Crippen LogP contribution is 2.28. The maximum absolute atomic E-state index is 13.9. The van der Waals surface area contributed by atoms with Crippen LogP contribution in [0.5, 0.6) is 0 Å². The van der Waals surface area contributed by atoms with E-state index in [9.17, 15) is 22.4 Å². The number of nitrogens with zero attached hydrogens (tertiary/aromatic N) is 2. The van der Waals surface area contributed by atoms with Crippen LogP contribution in [-0.2, 0) is 26.2 Å². The fourth-order valence-corrected chi connectivity index (χ4v) is 5.72. The molecular weight excluding hydrogens is 564 g/mol. The van der Waals surface area contributed by atoms with Crippen LogP contribution in [0.4, 0.5) is 10.1 Å². The van der Waals surface area contributed by atoms with Gasteiger partial charge < -0.3 is 10.2 Å². The standard InChI is InChI=1S/C28H30Cl2FN3O4S/c1-19(27(36)32-28(2,3)4)33(17-23-24(29)11-8-12-25(23)30)26(35)18-34(21-15-13-20(31)14-16-21)39(37,38)22-9-6-5-7-10-22/h5-16,19H,17-18H2,1-4H3,(H,32,36). The molecule has 0 spiro atoms. The van der Waals surface area contributed by atoms with Crippen molar-refractivity contribution in [3.63, 3.8) is 0 Å². The van der Waals surface area contributed by atoms with Gasteiger partial charge in [0.2, 0.25) is 11.8 Å². The summed E-state index contributed by atoms with van der Waals surface area (Å²) in [6, 6.07) is 16.2. The Bertz CT molecular complexity index is 1410. The third kappa shape index (κ3) is 7.71. The van der Waals surface area contributed by atoms with Crippen molar-refractivity contribution in [2.75, 3.05) is 10.8 Å². The SMILES string of the molecule is CC(C(=O)NC(C)(C)C)N(Cc1c(Cl)cccc1Cl)C(=O)CN(c1ccc(F)cc1)S(=O)(=O)c1ccccc1. The molecule has 3 aromatic rings. The molecule has 0 saturated heterocycles. The summed E-state index contributed by atoms with van der Waals surface area (Å²) in [5.74, 6) is -1.70. The van der Waals surface area contributed by atoms with Gasteiger partial charge >= 0.3 is 0 Å². The van der Waals surface area contributed by atoms with E-state index in [1.165, 1.54) is 36.1 Å². The average Bonchev–Trinajstić information content (AvgIpc) is 2.86. The van der Waals surface area contributed by atoms with Crippen molar-refractivity contribution in [1.82, 2.24) is 10.2 Å². The van der Waals surface area contributed by atoms with Gasteiger partial charge in [0.15, 0.2) is 0 Å². The number of nitrogens with one attached hydrogen (secondary N) is 1. The highest BCUT2D eigenvalue weighted by atomic mass is 35.5. The van der Waals surface area contributed by atoms with E-state index in [2.05, 4.69) is 5.32 Å². The number of amides is 2. The molecule has 0 heterocycles. The molecule has 208 valence electrons. The lowest BCUT2D eigenvalue weighted by Crippen LogP contribution is -2.54. The summed E-state index contributed by atoms with van der Waals surface area (Å²) in [7, 11) is -4.25. The molecular formula is C28H30Cl2FN3O4S. The third-order valence-corrected chi connectivity index (χ3v) is 8.28. The predicted molar refractivity (Wildman–Crippen MR) is 152 cm³/mol. The zero-order valence-electron chi connectivity index (χ0n) is 22.0. The molecule has 7 nitrogen and oxygen atoms in total. The molecule has 3 rings (SSSR count). The molecule has 2 amide bonds. The number of carbonyl (C=O) groups is 2. The summed E-state index contributed by atoms with van der Waals surface area (Å²) in [5.41, 5.74) is -0.0984. The first-order valence-electron chi connectivity index (χ1n) is 12.1. The van der Waals surface area contributed by atoms with Gasteiger partial charge in [-0.3, -0.25) is 13.9 Å².